The highest BCUT2D eigenvalue weighted by Gasteiger charge is 2.44. The van der Waals surface area contributed by atoms with Crippen LogP contribution in [0, 0.1) is 0 Å². The lowest BCUT2D eigenvalue weighted by Crippen LogP contribution is -2.60. The van der Waals surface area contributed by atoms with Crippen LogP contribution in [0.1, 0.15) is 296 Å². The van der Waals surface area contributed by atoms with Crippen molar-refractivity contribution in [3.8, 4) is 0 Å². The van der Waals surface area contributed by atoms with Crippen LogP contribution in [-0.4, -0.2) is 110 Å². The van der Waals surface area contributed by atoms with E-state index in [2.05, 4.69) is 31.3 Å². The first-order valence-corrected chi connectivity index (χ1v) is 30.6. The minimum atomic E-state index is -1.66. The van der Waals surface area contributed by atoms with E-state index in [1.54, 1.807) is 0 Å². The number of unbranched alkanes of at least 4 members (excludes halogenated alkanes) is 39. The molecule has 11 nitrogen and oxygen atoms in total. The van der Waals surface area contributed by atoms with E-state index < -0.39 is 74.2 Å². The lowest BCUT2D eigenvalue weighted by molar-refractivity contribution is -0.303. The number of amides is 1. The molecule has 1 aliphatic rings. The molecule has 0 saturated carbocycles. The average Bonchev–Trinajstić information content (AvgIpc) is 3.37. The number of aliphatic hydroxyl groups is 7. The first-order valence-electron chi connectivity index (χ1n) is 30.6. The molecule has 9 atom stereocenters. The SMILES string of the molecule is CCCCCCCCCCCCCCCCCCCCCCCCCCCCC/C=C/CCCC(O)C(O)C(COC1OC(CO)C(O)C(O)C1O)NC(=O)C(O)CCCCCCCCCCCCCC. The zero-order valence-electron chi connectivity index (χ0n) is 46.2. The van der Waals surface area contributed by atoms with Gasteiger partial charge in [0.15, 0.2) is 6.29 Å². The van der Waals surface area contributed by atoms with Gasteiger partial charge in [0, 0.05) is 0 Å². The number of allylic oxidation sites excluding steroid dienone is 2. The lowest BCUT2D eigenvalue weighted by atomic mass is 9.98. The molecule has 1 aliphatic heterocycles. The average molecular weight is 1010 g/mol. The quantitative estimate of drug-likeness (QED) is 0.0215. The number of aliphatic hydroxyl groups excluding tert-OH is 7. The molecule has 1 fully saturated rings. The molecule has 1 saturated heterocycles. The predicted octanol–water partition coefficient (Wildman–Crippen LogP) is 13.1. The maximum atomic E-state index is 13.1. The van der Waals surface area contributed by atoms with Crippen molar-refractivity contribution < 1.29 is 50.0 Å². The van der Waals surface area contributed by atoms with Crippen LogP contribution in [-0.2, 0) is 14.3 Å². The number of rotatable bonds is 53. The lowest BCUT2D eigenvalue weighted by Gasteiger charge is -2.40. The third-order valence-corrected chi connectivity index (χ3v) is 15.1. The molecule has 1 heterocycles. The summed E-state index contributed by atoms with van der Waals surface area (Å²) in [5.41, 5.74) is 0. The van der Waals surface area contributed by atoms with Gasteiger partial charge in [0.25, 0.3) is 0 Å². The van der Waals surface area contributed by atoms with Gasteiger partial charge in [-0.3, -0.25) is 4.79 Å². The zero-order valence-corrected chi connectivity index (χ0v) is 46.2. The number of hydrogen-bond acceptors (Lipinski definition) is 10. The molecular weight excluding hydrogens is 895 g/mol. The molecule has 0 bridgehead atoms. The summed E-state index contributed by atoms with van der Waals surface area (Å²) in [6, 6.07) is -1.18. The monoisotopic (exact) mass is 1010 g/mol. The number of hydrogen-bond donors (Lipinski definition) is 8. The molecule has 71 heavy (non-hydrogen) atoms. The van der Waals surface area contributed by atoms with E-state index >= 15 is 0 Å². The van der Waals surface area contributed by atoms with Gasteiger partial charge in [0.05, 0.1) is 25.4 Å². The summed E-state index contributed by atoms with van der Waals surface area (Å²) in [5.74, 6) is -0.703. The maximum absolute atomic E-state index is 13.1. The van der Waals surface area contributed by atoms with Crippen molar-refractivity contribution in [1.82, 2.24) is 5.32 Å². The van der Waals surface area contributed by atoms with Crippen molar-refractivity contribution in [2.24, 2.45) is 0 Å². The van der Waals surface area contributed by atoms with Crippen LogP contribution < -0.4 is 5.32 Å². The van der Waals surface area contributed by atoms with E-state index in [0.29, 0.717) is 12.8 Å². The zero-order chi connectivity index (χ0) is 51.8. The number of carbonyl (C=O) groups excluding carboxylic acids is 1. The standard InChI is InChI=1S/C60H117NO10/c1-3-5-7-9-11-13-15-17-18-19-20-21-22-23-24-25-26-27-28-29-30-31-32-33-34-35-36-38-39-41-43-45-47-52(63)55(65)51(50-70-60-58(68)57(67)56(66)54(49-62)71-60)61-59(69)53(64)48-46-44-42-40-37-16-14-12-10-8-6-4-2/h39,41,51-58,60,62-68H,3-38,40,42-50H2,1-2H3,(H,61,69)/b41-39+. The van der Waals surface area contributed by atoms with E-state index in [1.165, 1.54) is 218 Å². The number of nitrogens with one attached hydrogen (secondary N) is 1. The minimum absolute atomic E-state index is 0.258. The second kappa shape index (κ2) is 49.7. The molecule has 0 aromatic heterocycles. The summed E-state index contributed by atoms with van der Waals surface area (Å²) < 4.78 is 11.1. The van der Waals surface area contributed by atoms with Crippen LogP contribution in [0.3, 0.4) is 0 Å². The van der Waals surface area contributed by atoms with Crippen LogP contribution in [0.15, 0.2) is 12.2 Å². The van der Waals surface area contributed by atoms with Crippen LogP contribution in [0.2, 0.25) is 0 Å². The van der Waals surface area contributed by atoms with Gasteiger partial charge in [-0.05, 0) is 38.5 Å². The third kappa shape index (κ3) is 38.1. The fourth-order valence-corrected chi connectivity index (χ4v) is 10.1. The topological polar surface area (TPSA) is 189 Å². The molecule has 1 amide bonds. The Morgan fingerprint density at radius 2 is 0.831 bits per heavy atom. The maximum Gasteiger partial charge on any atom is 0.249 e. The van der Waals surface area contributed by atoms with Gasteiger partial charge in [-0.15, -0.1) is 0 Å². The summed E-state index contributed by atoms with van der Waals surface area (Å²) in [6.45, 7) is 3.46. The molecule has 11 heteroatoms. The Bertz CT molecular complexity index is 1160. The molecule has 0 radical (unpaired) electrons. The summed E-state index contributed by atoms with van der Waals surface area (Å²) >= 11 is 0. The third-order valence-electron chi connectivity index (χ3n) is 15.1. The van der Waals surface area contributed by atoms with Gasteiger partial charge in [0.1, 0.15) is 36.6 Å². The molecule has 9 unspecified atom stereocenters. The fraction of sp³-hybridized carbons (Fsp3) is 0.950. The summed E-state index contributed by atoms with van der Waals surface area (Å²) in [7, 11) is 0. The van der Waals surface area contributed by atoms with Crippen molar-refractivity contribution >= 4 is 5.91 Å². The van der Waals surface area contributed by atoms with Crippen LogP contribution in [0.25, 0.3) is 0 Å². The Morgan fingerprint density at radius 1 is 0.479 bits per heavy atom. The Hall–Kier alpha value is -1.15. The van der Waals surface area contributed by atoms with Crippen LogP contribution in [0.4, 0.5) is 0 Å². The highest BCUT2D eigenvalue weighted by atomic mass is 16.7. The smallest absolute Gasteiger partial charge is 0.249 e. The first-order chi connectivity index (χ1) is 34.7. The van der Waals surface area contributed by atoms with Crippen LogP contribution >= 0.6 is 0 Å². The normalized spacial score (nSPS) is 20.2. The number of ether oxygens (including phenoxy) is 2. The van der Waals surface area contributed by atoms with Gasteiger partial charge >= 0.3 is 0 Å². The van der Waals surface area contributed by atoms with Gasteiger partial charge in [-0.25, -0.2) is 0 Å². The minimum Gasteiger partial charge on any atom is -0.394 e. The summed E-state index contributed by atoms with van der Waals surface area (Å²) in [6.07, 6.45) is 47.3. The van der Waals surface area contributed by atoms with E-state index in [-0.39, 0.29) is 12.8 Å². The summed E-state index contributed by atoms with van der Waals surface area (Å²) in [4.78, 5) is 13.1. The molecule has 422 valence electrons. The van der Waals surface area contributed by atoms with Gasteiger partial charge in [-0.2, -0.15) is 0 Å². The number of carbonyl (C=O) groups is 1. The van der Waals surface area contributed by atoms with Crippen molar-refractivity contribution in [1.29, 1.82) is 0 Å². The molecule has 0 aliphatic carbocycles. The van der Waals surface area contributed by atoms with Crippen molar-refractivity contribution in [2.75, 3.05) is 13.2 Å². The van der Waals surface area contributed by atoms with Gasteiger partial charge < -0.3 is 50.5 Å². The summed E-state index contributed by atoms with van der Waals surface area (Å²) in [5, 5.41) is 76.0. The van der Waals surface area contributed by atoms with E-state index in [9.17, 15) is 40.5 Å². The molecule has 8 N–H and O–H groups in total. The molecule has 0 aromatic carbocycles. The van der Waals surface area contributed by atoms with Gasteiger partial charge in [-0.1, -0.05) is 270 Å². The Balaban J connectivity index is 2.20. The Morgan fingerprint density at radius 3 is 1.21 bits per heavy atom. The highest BCUT2D eigenvalue weighted by Crippen LogP contribution is 2.24. The van der Waals surface area contributed by atoms with Crippen molar-refractivity contribution in [3.63, 3.8) is 0 Å². The van der Waals surface area contributed by atoms with Crippen molar-refractivity contribution in [2.45, 2.75) is 351 Å². The molecular formula is C60H117NO10. The largest absolute Gasteiger partial charge is 0.394 e. The molecule has 1 rings (SSSR count). The first kappa shape index (κ1) is 67.9. The second-order valence-electron chi connectivity index (χ2n) is 21.8. The van der Waals surface area contributed by atoms with Crippen LogP contribution in [0.5, 0.6) is 0 Å². The fourth-order valence-electron chi connectivity index (χ4n) is 10.1. The molecule has 0 aromatic rings. The van der Waals surface area contributed by atoms with E-state index in [1.807, 2.05) is 0 Å². The highest BCUT2D eigenvalue weighted by molar-refractivity contribution is 5.80. The van der Waals surface area contributed by atoms with Crippen molar-refractivity contribution in [3.05, 3.63) is 12.2 Å². The second-order valence-corrected chi connectivity index (χ2v) is 21.8. The van der Waals surface area contributed by atoms with E-state index in [4.69, 9.17) is 9.47 Å². The Kier molecular flexibility index (Phi) is 47.5. The predicted molar refractivity (Wildman–Crippen MR) is 293 cm³/mol. The Labute approximate surface area is 436 Å². The van der Waals surface area contributed by atoms with Gasteiger partial charge in [0.2, 0.25) is 5.91 Å². The molecule has 0 spiro atoms. The van der Waals surface area contributed by atoms with E-state index in [0.717, 1.165) is 38.5 Å².